The van der Waals surface area contributed by atoms with Crippen LogP contribution in [0.5, 0.6) is 0 Å². The number of nitrogens with zero attached hydrogens (tertiary/aromatic N) is 1. The van der Waals surface area contributed by atoms with Crippen molar-refractivity contribution in [3.05, 3.63) is 35.9 Å². The van der Waals surface area contributed by atoms with E-state index in [-0.39, 0.29) is 5.56 Å². The highest BCUT2D eigenvalue weighted by molar-refractivity contribution is 7.94. The first-order chi connectivity index (χ1) is 8.71. The fourth-order valence-corrected chi connectivity index (χ4v) is 3.58. The van der Waals surface area contributed by atoms with Crippen LogP contribution in [0.3, 0.4) is 0 Å². The number of carbonyl (C=O) groups is 2. The molecule has 2 rings (SSSR count). The van der Waals surface area contributed by atoms with Crippen molar-refractivity contribution in [1.29, 1.82) is 0 Å². The van der Waals surface area contributed by atoms with Gasteiger partial charge < -0.3 is 5.11 Å². The molecule has 6 nitrogen and oxygen atoms in total. The molecule has 1 aliphatic rings. The highest BCUT2D eigenvalue weighted by Gasteiger charge is 2.63. The first-order valence-electron chi connectivity index (χ1n) is 5.57. The first kappa shape index (κ1) is 13.5. The lowest BCUT2D eigenvalue weighted by molar-refractivity contribution is -0.149. The van der Waals surface area contributed by atoms with Crippen molar-refractivity contribution >= 4 is 21.9 Å². The van der Waals surface area contributed by atoms with E-state index in [1.807, 2.05) is 0 Å². The largest absolute Gasteiger partial charge is 0.479 e. The molecule has 1 fully saturated rings. The summed E-state index contributed by atoms with van der Waals surface area (Å²) in [5.41, 5.74) is 0.252. The minimum absolute atomic E-state index is 0.252. The van der Waals surface area contributed by atoms with Gasteiger partial charge in [0, 0.05) is 0 Å². The van der Waals surface area contributed by atoms with Gasteiger partial charge in [-0.05, 0) is 19.4 Å². The average Bonchev–Trinajstić information content (AvgIpc) is 2.35. The van der Waals surface area contributed by atoms with Gasteiger partial charge in [-0.3, -0.25) is 4.79 Å². The molecule has 0 aromatic heterocycles. The number of aliphatic carboxylic acids is 1. The predicted molar refractivity (Wildman–Crippen MR) is 66.7 cm³/mol. The SMILES string of the molecule is CC1(C)C(=O)N(C(C(=O)O)c2ccccc2)S1(=O)=O. The van der Waals surface area contributed by atoms with Crippen molar-refractivity contribution in [2.45, 2.75) is 24.6 Å². The molecule has 1 unspecified atom stereocenters. The number of sulfonamides is 1. The third kappa shape index (κ3) is 1.73. The molecule has 0 saturated carbocycles. The summed E-state index contributed by atoms with van der Waals surface area (Å²) in [7, 11) is -3.94. The second kappa shape index (κ2) is 4.06. The van der Waals surface area contributed by atoms with Gasteiger partial charge in [0.1, 0.15) is 0 Å². The van der Waals surface area contributed by atoms with E-state index in [1.165, 1.54) is 26.0 Å². The summed E-state index contributed by atoms with van der Waals surface area (Å²) >= 11 is 0. The molecule has 0 spiro atoms. The van der Waals surface area contributed by atoms with E-state index in [9.17, 15) is 23.1 Å². The number of amides is 1. The maximum Gasteiger partial charge on any atom is 0.332 e. The Morgan fingerprint density at radius 1 is 1.26 bits per heavy atom. The zero-order valence-corrected chi connectivity index (χ0v) is 11.2. The Kier molecular flexibility index (Phi) is 2.89. The molecule has 1 aromatic carbocycles. The molecule has 1 atom stereocenters. The van der Waals surface area contributed by atoms with Gasteiger partial charge in [-0.1, -0.05) is 30.3 Å². The number of hydrogen-bond donors (Lipinski definition) is 1. The topological polar surface area (TPSA) is 91.8 Å². The number of benzene rings is 1. The Labute approximate surface area is 110 Å². The van der Waals surface area contributed by atoms with Crippen LogP contribution in [0.25, 0.3) is 0 Å². The molecule has 0 bridgehead atoms. The number of carboxylic acids is 1. The van der Waals surface area contributed by atoms with Gasteiger partial charge >= 0.3 is 5.97 Å². The van der Waals surface area contributed by atoms with E-state index in [0.29, 0.717) is 4.31 Å². The molecule has 102 valence electrons. The van der Waals surface area contributed by atoms with Crippen LogP contribution in [0.15, 0.2) is 30.3 Å². The third-order valence-corrected chi connectivity index (χ3v) is 5.56. The van der Waals surface area contributed by atoms with E-state index >= 15 is 0 Å². The maximum absolute atomic E-state index is 12.0. The highest BCUT2D eigenvalue weighted by Crippen LogP contribution is 2.41. The molecule has 0 aliphatic carbocycles. The Morgan fingerprint density at radius 2 is 1.79 bits per heavy atom. The Hall–Kier alpha value is -1.89. The summed E-state index contributed by atoms with van der Waals surface area (Å²) in [5, 5.41) is 9.22. The fourth-order valence-electron chi connectivity index (χ4n) is 1.96. The number of rotatable bonds is 3. The molecule has 1 heterocycles. The first-order valence-corrected chi connectivity index (χ1v) is 7.01. The molecular formula is C12H13NO5S. The van der Waals surface area contributed by atoms with Crippen LogP contribution < -0.4 is 0 Å². The fraction of sp³-hybridized carbons (Fsp3) is 0.333. The molecule has 1 aromatic rings. The zero-order valence-electron chi connectivity index (χ0n) is 10.4. The lowest BCUT2D eigenvalue weighted by Gasteiger charge is -2.45. The van der Waals surface area contributed by atoms with E-state index in [1.54, 1.807) is 18.2 Å². The van der Waals surface area contributed by atoms with Gasteiger partial charge in [0.25, 0.3) is 15.9 Å². The quantitative estimate of drug-likeness (QED) is 0.884. The zero-order chi connectivity index (χ0) is 14.4. The summed E-state index contributed by atoms with van der Waals surface area (Å²) in [4.78, 5) is 23.2. The second-order valence-corrected chi connectivity index (χ2v) is 7.13. The van der Waals surface area contributed by atoms with E-state index in [0.717, 1.165) is 0 Å². The van der Waals surface area contributed by atoms with Crippen LogP contribution in [-0.2, 0) is 19.6 Å². The average molecular weight is 283 g/mol. The smallest absolute Gasteiger partial charge is 0.332 e. The van der Waals surface area contributed by atoms with Gasteiger partial charge in [0.2, 0.25) is 0 Å². The third-order valence-electron chi connectivity index (χ3n) is 3.20. The summed E-state index contributed by atoms with van der Waals surface area (Å²) in [6, 6.07) is 6.31. The van der Waals surface area contributed by atoms with Gasteiger partial charge in [-0.15, -0.1) is 0 Å². The number of carbonyl (C=O) groups excluding carboxylic acids is 1. The molecule has 7 heteroatoms. The van der Waals surface area contributed by atoms with Crippen molar-refractivity contribution in [1.82, 2.24) is 4.31 Å². The van der Waals surface area contributed by atoms with Crippen LogP contribution in [0, 0.1) is 0 Å². The van der Waals surface area contributed by atoms with E-state index < -0.39 is 32.7 Å². The predicted octanol–water partition coefficient (Wildman–Crippen LogP) is 0.763. The summed E-state index contributed by atoms with van der Waals surface area (Å²) in [6.07, 6.45) is 0. The van der Waals surface area contributed by atoms with Gasteiger partial charge in [-0.25, -0.2) is 17.5 Å². The standard InChI is InChI=1S/C12H13NO5S/c1-12(2)11(16)13(19(12,17)18)9(10(14)15)8-6-4-3-5-7-8/h3-7,9H,1-2H3,(H,14,15). The Bertz CT molecular complexity index is 635. The molecular weight excluding hydrogens is 270 g/mol. The van der Waals surface area contributed by atoms with Crippen molar-refractivity contribution < 1.29 is 23.1 Å². The minimum Gasteiger partial charge on any atom is -0.479 e. The summed E-state index contributed by atoms with van der Waals surface area (Å²) in [6.45, 7) is 2.54. The van der Waals surface area contributed by atoms with Crippen LogP contribution in [0.1, 0.15) is 25.5 Å². The molecule has 1 aliphatic heterocycles. The Balaban J connectivity index is 2.50. The number of carboxylic acid groups (broad SMARTS) is 1. The lowest BCUT2D eigenvalue weighted by atomic mass is 10.1. The van der Waals surface area contributed by atoms with Crippen LogP contribution in [0.4, 0.5) is 0 Å². The van der Waals surface area contributed by atoms with Crippen LogP contribution in [0.2, 0.25) is 0 Å². The summed E-state index contributed by atoms with van der Waals surface area (Å²) in [5.74, 6) is -2.08. The van der Waals surface area contributed by atoms with Gasteiger partial charge in [0.05, 0.1) is 0 Å². The van der Waals surface area contributed by atoms with Gasteiger partial charge in [-0.2, -0.15) is 0 Å². The molecule has 1 saturated heterocycles. The van der Waals surface area contributed by atoms with Crippen LogP contribution in [-0.4, -0.2) is 34.5 Å². The van der Waals surface area contributed by atoms with Crippen molar-refractivity contribution in [2.24, 2.45) is 0 Å². The monoisotopic (exact) mass is 283 g/mol. The molecule has 1 N–H and O–H groups in total. The molecule has 1 amide bonds. The lowest BCUT2D eigenvalue weighted by Crippen LogP contribution is -2.68. The van der Waals surface area contributed by atoms with Crippen molar-refractivity contribution in [3.63, 3.8) is 0 Å². The minimum atomic E-state index is -3.94. The van der Waals surface area contributed by atoms with E-state index in [4.69, 9.17) is 0 Å². The maximum atomic E-state index is 12.0. The highest BCUT2D eigenvalue weighted by atomic mass is 32.2. The normalized spacial score (nSPS) is 21.6. The van der Waals surface area contributed by atoms with Crippen molar-refractivity contribution in [3.8, 4) is 0 Å². The Morgan fingerprint density at radius 3 is 2.21 bits per heavy atom. The molecule has 19 heavy (non-hydrogen) atoms. The second-order valence-electron chi connectivity index (χ2n) is 4.77. The molecule has 0 radical (unpaired) electrons. The number of hydrogen-bond acceptors (Lipinski definition) is 4. The van der Waals surface area contributed by atoms with E-state index in [2.05, 4.69) is 0 Å². The van der Waals surface area contributed by atoms with Gasteiger partial charge in [0.15, 0.2) is 10.8 Å². The summed E-state index contributed by atoms with van der Waals surface area (Å²) < 4.78 is 23.0. The van der Waals surface area contributed by atoms with Crippen LogP contribution >= 0.6 is 0 Å². The van der Waals surface area contributed by atoms with Crippen molar-refractivity contribution in [2.75, 3.05) is 0 Å².